The molecule has 1 saturated heterocycles. The lowest BCUT2D eigenvalue weighted by Gasteiger charge is -2.27. The minimum Gasteiger partial charge on any atom is -0.491 e. The van der Waals surface area contributed by atoms with Crippen LogP contribution in [0.1, 0.15) is 36.5 Å². The quantitative estimate of drug-likeness (QED) is 0.472. The molecule has 1 aliphatic rings. The predicted molar refractivity (Wildman–Crippen MR) is 122 cm³/mol. The van der Waals surface area contributed by atoms with E-state index in [1.165, 1.54) is 12.3 Å². The van der Waals surface area contributed by atoms with Crippen LogP contribution in [0, 0.1) is 5.82 Å². The van der Waals surface area contributed by atoms with Crippen molar-refractivity contribution in [3.8, 4) is 5.75 Å². The van der Waals surface area contributed by atoms with Crippen molar-refractivity contribution in [3.63, 3.8) is 0 Å². The van der Waals surface area contributed by atoms with E-state index in [4.69, 9.17) is 21.7 Å². The highest BCUT2D eigenvalue weighted by Crippen LogP contribution is 2.21. The van der Waals surface area contributed by atoms with E-state index in [1.807, 2.05) is 0 Å². The van der Waals surface area contributed by atoms with Crippen LogP contribution in [-0.4, -0.2) is 48.9 Å². The van der Waals surface area contributed by atoms with Crippen molar-refractivity contribution in [2.45, 2.75) is 26.2 Å². The number of hydrogen-bond acceptors (Lipinski definition) is 6. The Balaban J connectivity index is 1.50. The van der Waals surface area contributed by atoms with Crippen molar-refractivity contribution < 1.29 is 18.7 Å². The summed E-state index contributed by atoms with van der Waals surface area (Å²) in [5.74, 6) is 0.115. The topological polar surface area (TPSA) is 75.7 Å². The van der Waals surface area contributed by atoms with E-state index in [-0.39, 0.29) is 10.9 Å². The van der Waals surface area contributed by atoms with Crippen LogP contribution in [0.15, 0.2) is 36.5 Å². The monoisotopic (exact) mass is 446 g/mol. The molecule has 2 aromatic rings. The first kappa shape index (κ1) is 22.9. The first-order valence-corrected chi connectivity index (χ1v) is 10.8. The fourth-order valence-corrected chi connectivity index (χ4v) is 3.28. The third kappa shape index (κ3) is 6.86. The summed E-state index contributed by atoms with van der Waals surface area (Å²) in [4.78, 5) is 18.9. The summed E-state index contributed by atoms with van der Waals surface area (Å²) in [5.41, 5.74) is 0.799. The number of aromatic nitrogens is 1. The molecule has 0 atom stereocenters. The molecule has 3 rings (SSSR count). The second-order valence-corrected chi connectivity index (χ2v) is 7.52. The molecule has 1 aromatic carbocycles. The van der Waals surface area contributed by atoms with Gasteiger partial charge in [0.2, 0.25) is 0 Å². The number of halogens is 1. The van der Waals surface area contributed by atoms with Crippen molar-refractivity contribution in [1.82, 2.24) is 10.3 Å². The summed E-state index contributed by atoms with van der Waals surface area (Å²) in [6.07, 6.45) is 4.51. The Bertz CT molecular complexity index is 889. The predicted octanol–water partition coefficient (Wildman–Crippen LogP) is 3.75. The number of benzene rings is 1. The Labute approximate surface area is 186 Å². The van der Waals surface area contributed by atoms with Gasteiger partial charge < -0.3 is 19.7 Å². The van der Waals surface area contributed by atoms with Crippen LogP contribution in [0.3, 0.4) is 0 Å². The molecular weight excluding hydrogens is 419 g/mol. The molecule has 9 heteroatoms. The van der Waals surface area contributed by atoms with E-state index in [1.54, 1.807) is 24.3 Å². The Morgan fingerprint density at radius 3 is 2.74 bits per heavy atom. The SMILES string of the molecule is CCCCCOc1ccc(NC(=S)NC(=O)c2ccc(N3CCOCC3)nc2)cc1F. The number of carbonyl (C=O) groups excluding carboxylic acids is 1. The molecule has 0 radical (unpaired) electrons. The largest absolute Gasteiger partial charge is 0.491 e. The van der Waals surface area contributed by atoms with E-state index in [9.17, 15) is 9.18 Å². The Kier molecular flexibility index (Phi) is 8.54. The maximum absolute atomic E-state index is 14.2. The van der Waals surface area contributed by atoms with Gasteiger partial charge in [0, 0.05) is 31.0 Å². The number of thiocarbonyl (C=S) groups is 1. The van der Waals surface area contributed by atoms with Crippen LogP contribution < -0.4 is 20.3 Å². The highest BCUT2D eigenvalue weighted by molar-refractivity contribution is 7.80. The number of pyridine rings is 1. The molecule has 1 aromatic heterocycles. The number of rotatable bonds is 8. The fraction of sp³-hybridized carbons (Fsp3) is 0.409. The summed E-state index contributed by atoms with van der Waals surface area (Å²) in [6.45, 7) is 5.44. The fourth-order valence-electron chi connectivity index (χ4n) is 3.07. The van der Waals surface area contributed by atoms with Crippen LogP contribution in [0.2, 0.25) is 0 Å². The van der Waals surface area contributed by atoms with Crippen LogP contribution in [0.5, 0.6) is 5.75 Å². The highest BCUT2D eigenvalue weighted by Gasteiger charge is 2.14. The number of unbranched alkanes of at least 4 members (excludes halogenated alkanes) is 2. The van der Waals surface area contributed by atoms with Gasteiger partial charge in [0.25, 0.3) is 5.91 Å². The first-order chi connectivity index (χ1) is 15.1. The molecule has 31 heavy (non-hydrogen) atoms. The number of nitrogens with zero attached hydrogens (tertiary/aromatic N) is 2. The number of amides is 1. The molecule has 2 N–H and O–H groups in total. The van der Waals surface area contributed by atoms with Crippen LogP contribution in [-0.2, 0) is 4.74 Å². The molecule has 0 unspecified atom stereocenters. The van der Waals surface area contributed by atoms with Crippen LogP contribution >= 0.6 is 12.2 Å². The summed E-state index contributed by atoms with van der Waals surface area (Å²) >= 11 is 5.18. The van der Waals surface area contributed by atoms with Crippen molar-refractivity contribution in [3.05, 3.63) is 47.9 Å². The van der Waals surface area contributed by atoms with E-state index >= 15 is 0 Å². The van der Waals surface area contributed by atoms with Gasteiger partial charge in [0.15, 0.2) is 16.7 Å². The molecule has 1 amide bonds. The Morgan fingerprint density at radius 2 is 2.06 bits per heavy atom. The second kappa shape index (κ2) is 11.6. The maximum Gasteiger partial charge on any atom is 0.258 e. The first-order valence-electron chi connectivity index (χ1n) is 10.4. The number of hydrogen-bond donors (Lipinski definition) is 2. The summed E-state index contributed by atoms with van der Waals surface area (Å²) in [6, 6.07) is 7.97. The van der Waals surface area contributed by atoms with Gasteiger partial charge in [0.05, 0.1) is 25.4 Å². The van der Waals surface area contributed by atoms with E-state index in [0.29, 0.717) is 31.1 Å². The molecule has 1 aliphatic heterocycles. The minimum absolute atomic E-state index is 0.0678. The van der Waals surface area contributed by atoms with Crippen LogP contribution in [0.4, 0.5) is 15.9 Å². The van der Waals surface area contributed by atoms with Crippen molar-refractivity contribution >= 4 is 34.7 Å². The maximum atomic E-state index is 14.2. The normalized spacial score (nSPS) is 13.5. The summed E-state index contributed by atoms with van der Waals surface area (Å²) in [5, 5.41) is 5.46. The number of carbonyl (C=O) groups is 1. The van der Waals surface area contributed by atoms with E-state index < -0.39 is 11.7 Å². The lowest BCUT2D eigenvalue weighted by atomic mass is 10.2. The standard InChI is InChI=1S/C22H27FN4O3S/c1-2-3-4-11-30-19-7-6-17(14-18(19)23)25-22(31)26-21(28)16-5-8-20(24-15-16)27-9-12-29-13-10-27/h5-8,14-15H,2-4,9-13H2,1H3,(H2,25,26,28,31). The van der Waals surface area contributed by atoms with Gasteiger partial charge in [-0.3, -0.25) is 10.1 Å². The smallest absolute Gasteiger partial charge is 0.258 e. The lowest BCUT2D eigenvalue weighted by molar-refractivity contribution is 0.0977. The molecule has 1 fully saturated rings. The Morgan fingerprint density at radius 1 is 1.26 bits per heavy atom. The zero-order valence-electron chi connectivity index (χ0n) is 17.5. The number of ether oxygens (including phenoxy) is 2. The number of morpholine rings is 1. The lowest BCUT2D eigenvalue weighted by Crippen LogP contribution is -2.37. The van der Waals surface area contributed by atoms with Gasteiger partial charge in [-0.05, 0) is 42.9 Å². The van der Waals surface area contributed by atoms with Crippen molar-refractivity contribution in [2.75, 3.05) is 43.1 Å². The van der Waals surface area contributed by atoms with Gasteiger partial charge in [0.1, 0.15) is 5.82 Å². The average molecular weight is 447 g/mol. The Hall–Kier alpha value is -2.78. The third-order valence-electron chi connectivity index (χ3n) is 4.77. The second-order valence-electron chi connectivity index (χ2n) is 7.11. The third-order valence-corrected chi connectivity index (χ3v) is 4.97. The van der Waals surface area contributed by atoms with Gasteiger partial charge in [-0.25, -0.2) is 9.37 Å². The summed E-state index contributed by atoms with van der Waals surface area (Å²) in [7, 11) is 0. The van der Waals surface area contributed by atoms with Crippen molar-refractivity contribution in [1.29, 1.82) is 0 Å². The van der Waals surface area contributed by atoms with E-state index in [2.05, 4.69) is 27.4 Å². The van der Waals surface area contributed by atoms with Gasteiger partial charge >= 0.3 is 0 Å². The van der Waals surface area contributed by atoms with Crippen LogP contribution in [0.25, 0.3) is 0 Å². The van der Waals surface area contributed by atoms with E-state index in [0.717, 1.165) is 38.2 Å². The molecule has 0 spiro atoms. The molecule has 0 bridgehead atoms. The molecule has 0 saturated carbocycles. The van der Waals surface area contributed by atoms with Gasteiger partial charge in [-0.15, -0.1) is 0 Å². The molecule has 166 valence electrons. The molecule has 7 nitrogen and oxygen atoms in total. The summed E-state index contributed by atoms with van der Waals surface area (Å²) < 4.78 is 25.0. The van der Waals surface area contributed by atoms with Gasteiger partial charge in [-0.1, -0.05) is 19.8 Å². The number of anilines is 2. The molecular formula is C22H27FN4O3S. The molecule has 2 heterocycles. The molecule has 0 aliphatic carbocycles. The minimum atomic E-state index is -0.487. The zero-order chi connectivity index (χ0) is 22.1. The van der Waals surface area contributed by atoms with Crippen molar-refractivity contribution in [2.24, 2.45) is 0 Å². The highest BCUT2D eigenvalue weighted by atomic mass is 32.1. The number of nitrogens with one attached hydrogen (secondary N) is 2. The average Bonchev–Trinajstić information content (AvgIpc) is 2.78. The zero-order valence-corrected chi connectivity index (χ0v) is 18.3. The van der Waals surface area contributed by atoms with Gasteiger partial charge in [-0.2, -0.15) is 0 Å².